The summed E-state index contributed by atoms with van der Waals surface area (Å²) < 4.78 is 11.8. The molecular formula is C9H16OS3. The van der Waals surface area contributed by atoms with Gasteiger partial charge in [0.05, 0.1) is 4.58 Å². The van der Waals surface area contributed by atoms with E-state index >= 15 is 0 Å². The Morgan fingerprint density at radius 3 is 2.62 bits per heavy atom. The SMILES string of the molecule is C=CCSSC(CC)S(=O)CC=C. The average molecular weight is 236 g/mol. The van der Waals surface area contributed by atoms with Crippen LogP contribution in [0.25, 0.3) is 0 Å². The van der Waals surface area contributed by atoms with Crippen molar-refractivity contribution in [2.24, 2.45) is 0 Å². The molecule has 13 heavy (non-hydrogen) atoms. The fraction of sp³-hybridized carbons (Fsp3) is 0.556. The predicted octanol–water partition coefficient (Wildman–Crippen LogP) is 3.22. The van der Waals surface area contributed by atoms with Gasteiger partial charge in [-0.1, -0.05) is 40.7 Å². The second-order valence-electron chi connectivity index (χ2n) is 2.34. The van der Waals surface area contributed by atoms with Gasteiger partial charge < -0.3 is 0 Å². The lowest BCUT2D eigenvalue weighted by atomic mass is 10.6. The summed E-state index contributed by atoms with van der Waals surface area (Å²) in [4.78, 5) is 0. The van der Waals surface area contributed by atoms with Crippen molar-refractivity contribution < 1.29 is 4.21 Å². The molecule has 0 aliphatic heterocycles. The minimum atomic E-state index is -0.772. The summed E-state index contributed by atoms with van der Waals surface area (Å²) in [5.74, 6) is 1.51. The lowest BCUT2D eigenvalue weighted by Gasteiger charge is -2.11. The van der Waals surface area contributed by atoms with Crippen molar-refractivity contribution in [3.8, 4) is 0 Å². The molecule has 0 aliphatic rings. The zero-order chi connectivity index (χ0) is 10.1. The van der Waals surface area contributed by atoms with E-state index in [0.717, 1.165) is 12.2 Å². The Hall–Kier alpha value is 0.330. The summed E-state index contributed by atoms with van der Waals surface area (Å²) in [6, 6.07) is 0. The number of hydrogen-bond donors (Lipinski definition) is 0. The topological polar surface area (TPSA) is 17.1 Å². The van der Waals surface area contributed by atoms with E-state index in [2.05, 4.69) is 20.1 Å². The van der Waals surface area contributed by atoms with Gasteiger partial charge in [0.2, 0.25) is 0 Å². The van der Waals surface area contributed by atoms with Gasteiger partial charge in [-0.15, -0.1) is 13.2 Å². The first-order valence-corrected chi connectivity index (χ1v) is 7.89. The van der Waals surface area contributed by atoms with Gasteiger partial charge in [-0.3, -0.25) is 4.21 Å². The van der Waals surface area contributed by atoms with Crippen molar-refractivity contribution in [1.82, 2.24) is 0 Å². The molecule has 76 valence electrons. The maximum atomic E-state index is 11.5. The highest BCUT2D eigenvalue weighted by atomic mass is 33.1. The van der Waals surface area contributed by atoms with Gasteiger partial charge in [0, 0.05) is 22.3 Å². The largest absolute Gasteiger partial charge is 0.258 e. The van der Waals surface area contributed by atoms with Crippen LogP contribution in [0.2, 0.25) is 0 Å². The molecule has 0 radical (unpaired) electrons. The first-order valence-electron chi connectivity index (χ1n) is 4.13. The highest BCUT2D eigenvalue weighted by molar-refractivity contribution is 8.78. The smallest absolute Gasteiger partial charge is 0.0905 e. The van der Waals surface area contributed by atoms with Crippen LogP contribution in [0.3, 0.4) is 0 Å². The van der Waals surface area contributed by atoms with E-state index in [1.165, 1.54) is 0 Å². The summed E-state index contributed by atoms with van der Waals surface area (Å²) in [5, 5.41) is 0. The molecule has 2 atom stereocenters. The van der Waals surface area contributed by atoms with E-state index < -0.39 is 10.8 Å². The molecule has 1 nitrogen and oxygen atoms in total. The van der Waals surface area contributed by atoms with Crippen LogP contribution in [0.4, 0.5) is 0 Å². The monoisotopic (exact) mass is 236 g/mol. The molecular weight excluding hydrogens is 220 g/mol. The Morgan fingerprint density at radius 2 is 2.15 bits per heavy atom. The highest BCUT2D eigenvalue weighted by Crippen LogP contribution is 2.30. The highest BCUT2D eigenvalue weighted by Gasteiger charge is 2.13. The minimum absolute atomic E-state index is 0.225. The van der Waals surface area contributed by atoms with Gasteiger partial charge in [-0.05, 0) is 6.42 Å². The molecule has 0 spiro atoms. The molecule has 0 aromatic heterocycles. The molecule has 0 aliphatic carbocycles. The lowest BCUT2D eigenvalue weighted by Crippen LogP contribution is -2.10. The van der Waals surface area contributed by atoms with Crippen LogP contribution in [-0.2, 0) is 10.8 Å². The predicted molar refractivity (Wildman–Crippen MR) is 67.5 cm³/mol. The average Bonchev–Trinajstić information content (AvgIpc) is 2.13. The van der Waals surface area contributed by atoms with Crippen LogP contribution in [0.1, 0.15) is 13.3 Å². The zero-order valence-electron chi connectivity index (χ0n) is 7.90. The van der Waals surface area contributed by atoms with Crippen molar-refractivity contribution in [1.29, 1.82) is 0 Å². The summed E-state index contributed by atoms with van der Waals surface area (Å²) in [6.07, 6.45) is 4.52. The molecule has 0 aromatic rings. The van der Waals surface area contributed by atoms with Crippen LogP contribution in [0.15, 0.2) is 25.3 Å². The van der Waals surface area contributed by atoms with E-state index in [9.17, 15) is 4.21 Å². The third kappa shape index (κ3) is 6.41. The molecule has 0 heterocycles. The Labute approximate surface area is 91.3 Å². The van der Waals surface area contributed by atoms with E-state index in [-0.39, 0.29) is 4.58 Å². The van der Waals surface area contributed by atoms with Crippen molar-refractivity contribution in [2.45, 2.75) is 17.9 Å². The summed E-state index contributed by atoms with van der Waals surface area (Å²) in [6.45, 7) is 9.29. The summed E-state index contributed by atoms with van der Waals surface area (Å²) in [7, 11) is 2.63. The van der Waals surface area contributed by atoms with Crippen LogP contribution in [0.5, 0.6) is 0 Å². The van der Waals surface area contributed by atoms with E-state index in [1.807, 2.05) is 6.08 Å². The van der Waals surface area contributed by atoms with Crippen molar-refractivity contribution in [3.05, 3.63) is 25.3 Å². The first kappa shape index (κ1) is 13.3. The molecule has 0 N–H and O–H groups in total. The molecule has 0 saturated carbocycles. The van der Waals surface area contributed by atoms with Crippen LogP contribution in [0, 0.1) is 0 Å². The molecule has 0 amide bonds. The molecule has 2 unspecified atom stereocenters. The molecule has 0 fully saturated rings. The third-order valence-electron chi connectivity index (χ3n) is 1.27. The number of rotatable bonds is 8. The van der Waals surface area contributed by atoms with Crippen molar-refractivity contribution >= 4 is 32.4 Å². The fourth-order valence-electron chi connectivity index (χ4n) is 0.685. The van der Waals surface area contributed by atoms with E-state index in [0.29, 0.717) is 5.75 Å². The lowest BCUT2D eigenvalue weighted by molar-refractivity contribution is 0.681. The first-order chi connectivity index (χ1) is 6.26. The molecule has 4 heteroatoms. The fourth-order valence-corrected chi connectivity index (χ4v) is 5.23. The van der Waals surface area contributed by atoms with Crippen LogP contribution in [-0.4, -0.2) is 20.3 Å². The quantitative estimate of drug-likeness (QED) is 0.366. The molecule has 0 rings (SSSR count). The zero-order valence-corrected chi connectivity index (χ0v) is 10.4. The molecule has 0 bridgehead atoms. The van der Waals surface area contributed by atoms with Gasteiger partial charge >= 0.3 is 0 Å². The molecule has 0 saturated heterocycles. The van der Waals surface area contributed by atoms with Crippen molar-refractivity contribution in [3.63, 3.8) is 0 Å². The maximum absolute atomic E-state index is 11.5. The second-order valence-corrected chi connectivity index (χ2v) is 6.92. The molecule has 0 aromatic carbocycles. The summed E-state index contributed by atoms with van der Waals surface area (Å²) >= 11 is 0. The Morgan fingerprint density at radius 1 is 1.46 bits per heavy atom. The van der Waals surface area contributed by atoms with Gasteiger partial charge in [-0.25, -0.2) is 0 Å². The Bertz CT molecular complexity index is 180. The van der Waals surface area contributed by atoms with Crippen LogP contribution < -0.4 is 0 Å². The van der Waals surface area contributed by atoms with Gasteiger partial charge in [0.15, 0.2) is 0 Å². The van der Waals surface area contributed by atoms with E-state index in [1.54, 1.807) is 27.7 Å². The van der Waals surface area contributed by atoms with Crippen LogP contribution >= 0.6 is 21.6 Å². The Balaban J connectivity index is 3.79. The maximum Gasteiger partial charge on any atom is 0.0905 e. The minimum Gasteiger partial charge on any atom is -0.258 e. The summed E-state index contributed by atoms with van der Waals surface area (Å²) in [5.41, 5.74) is 0. The Kier molecular flexibility index (Phi) is 9.13. The van der Waals surface area contributed by atoms with Crippen molar-refractivity contribution in [2.75, 3.05) is 11.5 Å². The normalized spacial score (nSPS) is 14.8. The van der Waals surface area contributed by atoms with Gasteiger partial charge in [-0.2, -0.15) is 0 Å². The van der Waals surface area contributed by atoms with E-state index in [4.69, 9.17) is 0 Å². The van der Waals surface area contributed by atoms with Gasteiger partial charge in [0.1, 0.15) is 0 Å². The standard InChI is InChI=1S/C9H16OS3/c1-4-7-11-12-9(6-3)13(10)8-5-2/h4-5,9H,1-2,6-8H2,3H3. The van der Waals surface area contributed by atoms with Gasteiger partial charge in [0.25, 0.3) is 0 Å². The number of hydrogen-bond acceptors (Lipinski definition) is 3. The second kappa shape index (κ2) is 8.91. The third-order valence-corrected chi connectivity index (χ3v) is 6.62.